The van der Waals surface area contributed by atoms with Gasteiger partial charge in [-0.3, -0.25) is 9.51 Å². The molecule has 7 rings (SSSR count). The van der Waals surface area contributed by atoms with E-state index in [1.807, 2.05) is 0 Å². The van der Waals surface area contributed by atoms with Gasteiger partial charge in [0.1, 0.15) is 17.3 Å². The van der Waals surface area contributed by atoms with Gasteiger partial charge in [-0.05, 0) is 62.8 Å². The number of hydrogen-bond donors (Lipinski definition) is 1. The van der Waals surface area contributed by atoms with E-state index in [9.17, 15) is 22.4 Å². The number of alkyl halides is 3. The van der Waals surface area contributed by atoms with Crippen LogP contribution in [0.15, 0.2) is 56.3 Å². The Kier molecular flexibility index (Phi) is 6.25. The highest BCUT2D eigenvalue weighted by molar-refractivity contribution is 5.68. The topological polar surface area (TPSA) is 97.4 Å². The molecule has 0 radical (unpaired) electrons. The van der Waals surface area contributed by atoms with Crippen molar-refractivity contribution in [3.05, 3.63) is 75.7 Å². The molecule has 2 aliphatic heterocycles. The zero-order valence-electron chi connectivity index (χ0n) is 21.8. The monoisotopic (exact) mass is 570 g/mol. The van der Waals surface area contributed by atoms with Crippen LogP contribution in [0.1, 0.15) is 61.3 Å². The predicted molar refractivity (Wildman–Crippen MR) is 139 cm³/mol. The standard InChI is InChI=1S/C29H26F4N4O4/c30-24-13-18(9-10-21(24)27-34-28(38)41-36-27)37-16-7-8-17(37)12-19(11-16)39-14-22-25(35-40-26(22)15-5-6-15)20-3-1-2-4-23(20)29(31,32)33/h1-4,9-10,13,15-17,19H,5-8,11-12,14H2,(H,34,36,38)/t16-,17+,19+. The summed E-state index contributed by atoms with van der Waals surface area (Å²) in [6.45, 7) is 0.111. The lowest BCUT2D eigenvalue weighted by molar-refractivity contribution is -0.137. The van der Waals surface area contributed by atoms with Gasteiger partial charge in [-0.2, -0.15) is 13.2 Å². The van der Waals surface area contributed by atoms with Crippen LogP contribution < -0.4 is 10.7 Å². The maximum absolute atomic E-state index is 15.0. The van der Waals surface area contributed by atoms with Crippen molar-refractivity contribution in [3.8, 4) is 22.6 Å². The molecule has 2 bridgehead atoms. The van der Waals surface area contributed by atoms with E-state index in [-0.39, 0.29) is 53.4 Å². The Labute approximate surface area is 231 Å². The summed E-state index contributed by atoms with van der Waals surface area (Å²) in [4.78, 5) is 15.8. The second kappa shape index (κ2) is 9.86. The van der Waals surface area contributed by atoms with Gasteiger partial charge in [0.15, 0.2) is 5.82 Å². The third-order valence-corrected chi connectivity index (χ3v) is 8.35. The fourth-order valence-electron chi connectivity index (χ4n) is 6.36. The van der Waals surface area contributed by atoms with E-state index in [0.29, 0.717) is 24.2 Å². The van der Waals surface area contributed by atoms with E-state index in [2.05, 4.69) is 24.7 Å². The van der Waals surface area contributed by atoms with Gasteiger partial charge in [0, 0.05) is 34.8 Å². The average molecular weight is 571 g/mol. The third kappa shape index (κ3) is 4.83. The number of halogens is 4. The van der Waals surface area contributed by atoms with Gasteiger partial charge >= 0.3 is 11.9 Å². The number of H-pyrrole nitrogens is 1. The molecule has 2 saturated heterocycles. The third-order valence-electron chi connectivity index (χ3n) is 8.35. The fourth-order valence-corrected chi connectivity index (χ4v) is 6.36. The van der Waals surface area contributed by atoms with Crippen molar-refractivity contribution in [1.82, 2.24) is 15.3 Å². The molecule has 4 heterocycles. The summed E-state index contributed by atoms with van der Waals surface area (Å²) in [6, 6.07) is 10.5. The van der Waals surface area contributed by atoms with E-state index in [1.165, 1.54) is 18.2 Å². The summed E-state index contributed by atoms with van der Waals surface area (Å²) >= 11 is 0. The molecule has 3 fully saturated rings. The van der Waals surface area contributed by atoms with Gasteiger partial charge < -0.3 is 14.2 Å². The van der Waals surface area contributed by atoms with Crippen LogP contribution in [0.2, 0.25) is 0 Å². The Morgan fingerprint density at radius 1 is 0.976 bits per heavy atom. The summed E-state index contributed by atoms with van der Waals surface area (Å²) in [6.07, 6.45) is 0.443. The second-order valence-corrected chi connectivity index (χ2v) is 11.0. The van der Waals surface area contributed by atoms with Crippen LogP contribution in [0.4, 0.5) is 23.2 Å². The lowest BCUT2D eigenvalue weighted by Crippen LogP contribution is -2.45. The minimum atomic E-state index is -4.52. The first kappa shape index (κ1) is 26.0. The molecule has 3 atom stereocenters. The quantitative estimate of drug-likeness (QED) is 0.256. The van der Waals surface area contributed by atoms with E-state index in [0.717, 1.165) is 37.4 Å². The molecule has 12 heteroatoms. The summed E-state index contributed by atoms with van der Waals surface area (Å²) < 4.78 is 72.8. The molecule has 3 aliphatic rings. The molecule has 4 aromatic rings. The molecule has 0 unspecified atom stereocenters. The van der Waals surface area contributed by atoms with Gasteiger partial charge in [-0.1, -0.05) is 28.5 Å². The lowest BCUT2D eigenvalue weighted by atomic mass is 9.97. The van der Waals surface area contributed by atoms with Crippen LogP contribution in [0.3, 0.4) is 0 Å². The van der Waals surface area contributed by atoms with E-state index in [1.54, 1.807) is 18.2 Å². The number of benzene rings is 2. The van der Waals surface area contributed by atoms with Crippen LogP contribution in [0.25, 0.3) is 22.6 Å². The number of aromatic amines is 1. The molecule has 1 N–H and O–H groups in total. The molecule has 8 nitrogen and oxygen atoms in total. The molecular weight excluding hydrogens is 544 g/mol. The van der Waals surface area contributed by atoms with Gasteiger partial charge in [-0.25, -0.2) is 9.18 Å². The molecule has 1 saturated carbocycles. The van der Waals surface area contributed by atoms with E-state index >= 15 is 0 Å². The van der Waals surface area contributed by atoms with Gasteiger partial charge in [0.25, 0.3) is 0 Å². The molecule has 0 amide bonds. The predicted octanol–water partition coefficient (Wildman–Crippen LogP) is 6.44. The van der Waals surface area contributed by atoms with Crippen molar-refractivity contribution >= 4 is 5.69 Å². The summed E-state index contributed by atoms with van der Waals surface area (Å²) in [5.74, 6) is -0.474. The van der Waals surface area contributed by atoms with E-state index in [4.69, 9.17) is 9.26 Å². The number of nitrogens with one attached hydrogen (secondary N) is 1. The second-order valence-electron chi connectivity index (χ2n) is 11.0. The summed E-state index contributed by atoms with van der Waals surface area (Å²) in [5, 5.41) is 7.66. The molecule has 0 spiro atoms. The Morgan fingerprint density at radius 3 is 2.39 bits per heavy atom. The van der Waals surface area contributed by atoms with Crippen molar-refractivity contribution in [2.45, 2.75) is 75.4 Å². The summed E-state index contributed by atoms with van der Waals surface area (Å²) in [5.41, 5.74) is 0.893. The smallest absolute Gasteiger partial charge is 0.373 e. The minimum absolute atomic E-state index is 0.00990. The van der Waals surface area contributed by atoms with Crippen molar-refractivity contribution in [1.29, 1.82) is 0 Å². The summed E-state index contributed by atoms with van der Waals surface area (Å²) in [7, 11) is 0. The lowest BCUT2D eigenvalue weighted by Gasteiger charge is -2.40. The first-order valence-electron chi connectivity index (χ1n) is 13.7. The van der Waals surface area contributed by atoms with Crippen LogP contribution >= 0.6 is 0 Å². The van der Waals surface area contributed by atoms with Crippen molar-refractivity contribution in [2.24, 2.45) is 0 Å². The maximum atomic E-state index is 15.0. The first-order chi connectivity index (χ1) is 19.8. The number of nitrogens with zero attached hydrogens (tertiary/aromatic N) is 3. The van der Waals surface area contributed by atoms with Gasteiger partial charge in [-0.15, -0.1) is 0 Å². The number of anilines is 1. The van der Waals surface area contributed by atoms with Crippen molar-refractivity contribution < 1.29 is 31.3 Å². The Bertz CT molecular complexity index is 1630. The fraction of sp³-hybridized carbons (Fsp3) is 0.414. The molecule has 214 valence electrons. The number of fused-ring (bicyclic) bond motifs is 2. The Hall–Kier alpha value is -3.93. The van der Waals surface area contributed by atoms with Gasteiger partial charge in [0.05, 0.1) is 23.8 Å². The molecule has 2 aromatic heterocycles. The van der Waals surface area contributed by atoms with Crippen LogP contribution in [0, 0.1) is 5.82 Å². The minimum Gasteiger partial charge on any atom is -0.373 e. The molecule has 1 aliphatic carbocycles. The number of rotatable bonds is 7. The maximum Gasteiger partial charge on any atom is 0.439 e. The largest absolute Gasteiger partial charge is 0.439 e. The zero-order valence-corrected chi connectivity index (χ0v) is 21.8. The Balaban J connectivity index is 1.09. The highest BCUT2D eigenvalue weighted by atomic mass is 19.4. The average Bonchev–Trinajstić information content (AvgIpc) is 3.46. The molecule has 2 aromatic carbocycles. The van der Waals surface area contributed by atoms with Crippen LogP contribution in [-0.4, -0.2) is 33.5 Å². The number of piperidine rings is 1. The normalized spacial score (nSPS) is 22.4. The van der Waals surface area contributed by atoms with Crippen molar-refractivity contribution in [2.75, 3.05) is 4.90 Å². The van der Waals surface area contributed by atoms with E-state index < -0.39 is 23.3 Å². The number of ether oxygens (including phenoxy) is 1. The first-order valence-corrected chi connectivity index (χ1v) is 13.7. The molecule has 41 heavy (non-hydrogen) atoms. The van der Waals surface area contributed by atoms with Gasteiger partial charge in [0.2, 0.25) is 0 Å². The highest BCUT2D eigenvalue weighted by Crippen LogP contribution is 2.47. The number of hydrogen-bond acceptors (Lipinski definition) is 7. The highest BCUT2D eigenvalue weighted by Gasteiger charge is 2.42. The zero-order chi connectivity index (χ0) is 28.3. The SMILES string of the molecule is O=c1[nH]c(-c2ccc(N3[C@@H]4CC[C@H]3C[C@@H](OCc3c(-c5ccccc5C(F)(F)F)noc3C3CC3)C4)cc2F)no1. The van der Waals surface area contributed by atoms with Crippen molar-refractivity contribution in [3.63, 3.8) is 0 Å². The Morgan fingerprint density at radius 2 is 1.73 bits per heavy atom. The number of aromatic nitrogens is 3. The van der Waals surface area contributed by atoms with Crippen LogP contribution in [0.5, 0.6) is 0 Å². The molecular formula is C29H26F4N4O4. The van der Waals surface area contributed by atoms with Crippen LogP contribution in [-0.2, 0) is 17.5 Å².